The van der Waals surface area contributed by atoms with Gasteiger partial charge in [-0.3, -0.25) is 9.59 Å². The fourth-order valence-electron chi connectivity index (χ4n) is 6.08. The Morgan fingerprint density at radius 2 is 1.60 bits per heavy atom. The van der Waals surface area contributed by atoms with Crippen LogP contribution in [0.5, 0.6) is 0 Å². The van der Waals surface area contributed by atoms with Crippen LogP contribution in [-0.4, -0.2) is 103 Å². The van der Waals surface area contributed by atoms with E-state index < -0.39 is 64.4 Å². The van der Waals surface area contributed by atoms with Gasteiger partial charge in [-0.05, 0) is 50.5 Å². The lowest BCUT2D eigenvalue weighted by Crippen LogP contribution is -2.61. The highest BCUT2D eigenvalue weighted by atomic mass is 32.2. The van der Waals surface area contributed by atoms with Crippen molar-refractivity contribution in [1.82, 2.24) is 19.7 Å². The summed E-state index contributed by atoms with van der Waals surface area (Å²) in [6.07, 6.45) is 2.57. The average Bonchev–Trinajstić information content (AvgIpc) is 3.03. The van der Waals surface area contributed by atoms with Crippen LogP contribution in [0.2, 0.25) is 0 Å². The first-order valence-electron chi connectivity index (χ1n) is 16.8. The van der Waals surface area contributed by atoms with Crippen LogP contribution < -0.4 is 15.4 Å². The molecule has 14 heteroatoms. The molecule has 2 amide bonds. The summed E-state index contributed by atoms with van der Waals surface area (Å²) in [4.78, 5) is 41.0. The van der Waals surface area contributed by atoms with E-state index in [1.54, 1.807) is 44.2 Å². The number of carbonyl (C=O) groups is 3. The first-order valence-corrected chi connectivity index (χ1v) is 18.3. The lowest BCUT2D eigenvalue weighted by atomic mass is 9.82. The SMILES string of the molecule is CC(C)C[C@H](O)[C@H](O)[C@H](CC1CCCCC1)NC(=O)C(NC(=O)[C@H](Cc1ccccc1)NS(=O)(=O)N1CCOCC1)C(=O)OC(C)C. The minimum absolute atomic E-state index is 0.0613. The van der Waals surface area contributed by atoms with Crippen LogP contribution in [-0.2, 0) is 40.5 Å². The third kappa shape index (κ3) is 12.7. The molecule has 1 aliphatic carbocycles. The summed E-state index contributed by atoms with van der Waals surface area (Å²) < 4.78 is 40.8. The van der Waals surface area contributed by atoms with Gasteiger partial charge in [-0.1, -0.05) is 76.3 Å². The maximum atomic E-state index is 13.8. The molecule has 2 fully saturated rings. The van der Waals surface area contributed by atoms with Crippen LogP contribution in [0.4, 0.5) is 0 Å². The zero-order valence-corrected chi connectivity index (χ0v) is 28.9. The smallest absolute Gasteiger partial charge is 0.338 e. The van der Waals surface area contributed by atoms with E-state index in [-0.39, 0.29) is 44.6 Å². The van der Waals surface area contributed by atoms with Crippen LogP contribution >= 0.6 is 0 Å². The Morgan fingerprint density at radius 3 is 2.19 bits per heavy atom. The summed E-state index contributed by atoms with van der Waals surface area (Å²) in [5, 5.41) is 27.2. The Labute approximate surface area is 279 Å². The highest BCUT2D eigenvalue weighted by molar-refractivity contribution is 7.87. The molecule has 1 aliphatic heterocycles. The van der Waals surface area contributed by atoms with E-state index in [2.05, 4.69) is 15.4 Å². The van der Waals surface area contributed by atoms with E-state index in [1.807, 2.05) is 13.8 Å². The number of esters is 1. The highest BCUT2D eigenvalue weighted by Crippen LogP contribution is 2.29. The van der Waals surface area contributed by atoms with Crippen molar-refractivity contribution in [2.45, 2.75) is 115 Å². The van der Waals surface area contributed by atoms with Crippen LogP contribution in [0.3, 0.4) is 0 Å². The van der Waals surface area contributed by atoms with Gasteiger partial charge in [-0.2, -0.15) is 17.4 Å². The van der Waals surface area contributed by atoms with Crippen molar-refractivity contribution in [1.29, 1.82) is 0 Å². The van der Waals surface area contributed by atoms with Crippen molar-refractivity contribution in [3.05, 3.63) is 35.9 Å². The number of aliphatic hydroxyl groups is 2. The summed E-state index contributed by atoms with van der Waals surface area (Å²) in [5.41, 5.74) is 0.651. The Bertz CT molecular complexity index is 1240. The molecule has 0 bridgehead atoms. The van der Waals surface area contributed by atoms with Crippen molar-refractivity contribution < 1.29 is 42.5 Å². The quantitative estimate of drug-likeness (QED) is 0.120. The Morgan fingerprint density at radius 1 is 0.957 bits per heavy atom. The molecule has 1 saturated heterocycles. The first kappa shape index (κ1) is 38.8. The van der Waals surface area contributed by atoms with E-state index in [4.69, 9.17) is 9.47 Å². The normalized spacial score (nSPS) is 19.8. The number of amides is 2. The van der Waals surface area contributed by atoms with Crippen molar-refractivity contribution in [2.24, 2.45) is 11.8 Å². The number of ether oxygens (including phenoxy) is 2. The van der Waals surface area contributed by atoms with Crippen molar-refractivity contribution in [3.8, 4) is 0 Å². The minimum atomic E-state index is -4.14. The van der Waals surface area contributed by atoms with Gasteiger partial charge in [0.15, 0.2) is 0 Å². The summed E-state index contributed by atoms with van der Waals surface area (Å²) in [6.45, 7) is 7.65. The predicted octanol–water partition coefficient (Wildman–Crippen LogP) is 1.42. The van der Waals surface area contributed by atoms with Gasteiger partial charge in [0.1, 0.15) is 12.1 Å². The molecule has 0 spiro atoms. The monoisotopic (exact) mass is 682 g/mol. The molecule has 266 valence electrons. The Hall–Kier alpha value is -2.62. The Kier molecular flexibility index (Phi) is 15.5. The lowest BCUT2D eigenvalue weighted by Gasteiger charge is -2.33. The second kappa shape index (κ2) is 18.8. The third-order valence-electron chi connectivity index (χ3n) is 8.50. The summed E-state index contributed by atoms with van der Waals surface area (Å²) in [5.74, 6) is -2.57. The van der Waals surface area contributed by atoms with Crippen LogP contribution in [0, 0.1) is 11.8 Å². The largest absolute Gasteiger partial charge is 0.461 e. The van der Waals surface area contributed by atoms with Gasteiger partial charge in [0.05, 0.1) is 31.5 Å². The number of hydrogen-bond acceptors (Lipinski definition) is 9. The maximum Gasteiger partial charge on any atom is 0.338 e. The van der Waals surface area contributed by atoms with Gasteiger partial charge in [0.25, 0.3) is 16.1 Å². The van der Waals surface area contributed by atoms with Crippen molar-refractivity contribution >= 4 is 28.0 Å². The van der Waals surface area contributed by atoms with E-state index in [0.29, 0.717) is 18.4 Å². The number of nitrogens with zero attached hydrogens (tertiary/aromatic N) is 1. The molecular formula is C33H54N4O9S. The molecule has 1 unspecified atom stereocenters. The van der Waals surface area contributed by atoms with Crippen molar-refractivity contribution in [3.63, 3.8) is 0 Å². The molecule has 3 rings (SSSR count). The number of benzene rings is 1. The summed E-state index contributed by atoms with van der Waals surface area (Å²) in [6, 6.07) is 4.63. The number of rotatable bonds is 17. The molecule has 13 nitrogen and oxygen atoms in total. The zero-order valence-electron chi connectivity index (χ0n) is 28.1. The number of hydrogen-bond donors (Lipinski definition) is 5. The molecule has 0 aromatic heterocycles. The average molecular weight is 683 g/mol. The molecule has 1 saturated carbocycles. The Balaban J connectivity index is 1.87. The predicted molar refractivity (Wildman–Crippen MR) is 176 cm³/mol. The number of morpholine rings is 1. The topological polar surface area (TPSA) is 184 Å². The number of carbonyl (C=O) groups excluding carboxylic acids is 3. The molecule has 47 heavy (non-hydrogen) atoms. The van der Waals surface area contributed by atoms with Gasteiger partial charge < -0.3 is 30.3 Å². The van der Waals surface area contributed by atoms with Gasteiger partial charge >= 0.3 is 5.97 Å². The lowest BCUT2D eigenvalue weighted by molar-refractivity contribution is -0.155. The van der Waals surface area contributed by atoms with E-state index in [1.165, 1.54) is 4.31 Å². The van der Waals surface area contributed by atoms with Gasteiger partial charge in [-0.15, -0.1) is 0 Å². The molecule has 1 aromatic rings. The molecule has 0 radical (unpaired) electrons. The van der Waals surface area contributed by atoms with Crippen LogP contribution in [0.1, 0.15) is 78.2 Å². The second-order valence-corrected chi connectivity index (χ2v) is 15.0. The number of aliphatic hydroxyl groups excluding tert-OH is 2. The van der Waals surface area contributed by atoms with Crippen LogP contribution in [0.15, 0.2) is 30.3 Å². The highest BCUT2D eigenvalue weighted by Gasteiger charge is 2.39. The fourth-order valence-corrected chi connectivity index (χ4v) is 7.40. The third-order valence-corrected chi connectivity index (χ3v) is 10.1. The zero-order chi connectivity index (χ0) is 34.6. The molecule has 1 aromatic carbocycles. The van der Waals surface area contributed by atoms with Gasteiger partial charge in [0.2, 0.25) is 11.9 Å². The minimum Gasteiger partial charge on any atom is -0.461 e. The molecular weight excluding hydrogens is 628 g/mol. The van der Waals surface area contributed by atoms with E-state index in [0.717, 1.165) is 32.1 Å². The standard InChI is InChI=1S/C33H54N4O9S/c1-22(2)19-28(38)30(39)26(20-24-11-7-5-8-12-24)34-32(41)29(33(42)46-23(3)4)35-31(40)27(21-25-13-9-6-10-14-25)36-47(43,44)37-15-17-45-18-16-37/h6,9-10,13-14,22-24,26-30,36,38-39H,5,7-8,11-12,15-21H2,1-4H3,(H,34,41)(H,35,40)/t26-,27-,28-,29?,30+/m0/s1. The molecule has 1 heterocycles. The van der Waals surface area contributed by atoms with Gasteiger partial charge in [-0.25, -0.2) is 4.79 Å². The molecule has 2 aliphatic rings. The van der Waals surface area contributed by atoms with Crippen molar-refractivity contribution in [2.75, 3.05) is 26.3 Å². The maximum absolute atomic E-state index is 13.8. The molecule has 5 N–H and O–H groups in total. The van der Waals surface area contributed by atoms with Crippen LogP contribution in [0.25, 0.3) is 0 Å². The first-order chi connectivity index (χ1) is 22.3. The summed E-state index contributed by atoms with van der Waals surface area (Å²) >= 11 is 0. The van der Waals surface area contributed by atoms with Gasteiger partial charge in [0, 0.05) is 13.1 Å². The number of nitrogens with one attached hydrogen (secondary N) is 3. The molecule has 5 atom stereocenters. The van der Waals surface area contributed by atoms with E-state index in [9.17, 15) is 33.0 Å². The second-order valence-electron chi connectivity index (χ2n) is 13.3. The van der Waals surface area contributed by atoms with E-state index >= 15 is 0 Å². The summed E-state index contributed by atoms with van der Waals surface area (Å²) in [7, 11) is -4.14. The fraction of sp³-hybridized carbons (Fsp3) is 0.727.